The average molecular weight is 304 g/mol. The van der Waals surface area contributed by atoms with Crippen LogP contribution in [0.3, 0.4) is 0 Å². The van der Waals surface area contributed by atoms with Crippen LogP contribution in [0.25, 0.3) is 0 Å². The minimum absolute atomic E-state index is 0.145. The average Bonchev–Trinajstić information content (AvgIpc) is 2.52. The highest BCUT2D eigenvalue weighted by Gasteiger charge is 2.23. The molecule has 1 unspecified atom stereocenters. The first-order valence-electron chi connectivity index (χ1n) is 6.86. The van der Waals surface area contributed by atoms with E-state index >= 15 is 0 Å². The molecule has 0 saturated heterocycles. The number of carboxylic acid groups (broad SMARTS) is 1. The van der Waals surface area contributed by atoms with Crippen molar-refractivity contribution in [1.29, 1.82) is 0 Å². The Bertz CT molecular complexity index is 642. The molecular weight excluding hydrogens is 287 g/mol. The SMILES string of the molecule is COc1ccccc1OCCC(C(=O)O)c1ccccc1F. The highest BCUT2D eigenvalue weighted by atomic mass is 19.1. The van der Waals surface area contributed by atoms with Gasteiger partial charge in [0.05, 0.1) is 19.6 Å². The summed E-state index contributed by atoms with van der Waals surface area (Å²) in [6.45, 7) is 0.145. The number of halogens is 1. The summed E-state index contributed by atoms with van der Waals surface area (Å²) < 4.78 is 24.5. The normalized spacial score (nSPS) is 11.7. The van der Waals surface area contributed by atoms with E-state index in [1.54, 1.807) is 24.3 Å². The van der Waals surface area contributed by atoms with Crippen molar-refractivity contribution in [3.05, 3.63) is 59.9 Å². The van der Waals surface area contributed by atoms with E-state index in [4.69, 9.17) is 9.47 Å². The molecule has 0 amide bonds. The number of benzene rings is 2. The Morgan fingerprint density at radius 2 is 1.77 bits per heavy atom. The zero-order chi connectivity index (χ0) is 15.9. The van der Waals surface area contributed by atoms with Gasteiger partial charge in [0.2, 0.25) is 0 Å². The van der Waals surface area contributed by atoms with Crippen LogP contribution in [0.1, 0.15) is 17.9 Å². The summed E-state index contributed by atoms with van der Waals surface area (Å²) in [6.07, 6.45) is 0.161. The van der Waals surface area contributed by atoms with Crippen LogP contribution in [-0.4, -0.2) is 24.8 Å². The van der Waals surface area contributed by atoms with Crippen LogP contribution in [0, 0.1) is 5.82 Å². The van der Waals surface area contributed by atoms with Gasteiger partial charge in [-0.25, -0.2) is 4.39 Å². The minimum atomic E-state index is -1.08. The number of carbonyl (C=O) groups is 1. The summed E-state index contributed by atoms with van der Waals surface area (Å²) in [6, 6.07) is 13.0. The Morgan fingerprint density at radius 3 is 2.41 bits per heavy atom. The number of carboxylic acids is 1. The molecule has 116 valence electrons. The molecule has 2 aromatic carbocycles. The van der Waals surface area contributed by atoms with Crippen LogP contribution >= 0.6 is 0 Å². The molecule has 0 heterocycles. The van der Waals surface area contributed by atoms with E-state index in [9.17, 15) is 14.3 Å². The van der Waals surface area contributed by atoms with Crippen molar-refractivity contribution in [2.75, 3.05) is 13.7 Å². The summed E-state index contributed by atoms with van der Waals surface area (Å²) in [5, 5.41) is 9.30. The lowest BCUT2D eigenvalue weighted by molar-refractivity contribution is -0.139. The molecule has 0 bridgehead atoms. The van der Waals surface area contributed by atoms with Gasteiger partial charge in [-0.05, 0) is 24.6 Å². The zero-order valence-electron chi connectivity index (χ0n) is 12.2. The highest BCUT2D eigenvalue weighted by molar-refractivity contribution is 5.76. The van der Waals surface area contributed by atoms with Crippen molar-refractivity contribution in [3.63, 3.8) is 0 Å². The fourth-order valence-corrected chi connectivity index (χ4v) is 2.19. The van der Waals surface area contributed by atoms with Crippen LogP contribution in [0.15, 0.2) is 48.5 Å². The van der Waals surface area contributed by atoms with Gasteiger partial charge in [-0.1, -0.05) is 30.3 Å². The third kappa shape index (κ3) is 3.75. The van der Waals surface area contributed by atoms with Gasteiger partial charge in [0, 0.05) is 5.56 Å². The molecule has 2 aromatic rings. The fourth-order valence-electron chi connectivity index (χ4n) is 2.19. The van der Waals surface area contributed by atoms with E-state index < -0.39 is 17.7 Å². The van der Waals surface area contributed by atoms with Crippen LogP contribution in [0.4, 0.5) is 4.39 Å². The van der Waals surface area contributed by atoms with Crippen LogP contribution < -0.4 is 9.47 Å². The maximum atomic E-state index is 13.7. The van der Waals surface area contributed by atoms with E-state index in [-0.39, 0.29) is 18.6 Å². The van der Waals surface area contributed by atoms with Gasteiger partial charge in [-0.2, -0.15) is 0 Å². The van der Waals surface area contributed by atoms with Crippen molar-refractivity contribution in [2.45, 2.75) is 12.3 Å². The number of hydrogen-bond donors (Lipinski definition) is 1. The predicted octanol–water partition coefficient (Wildman–Crippen LogP) is 3.47. The van der Waals surface area contributed by atoms with Crippen molar-refractivity contribution in [2.24, 2.45) is 0 Å². The predicted molar refractivity (Wildman–Crippen MR) is 79.9 cm³/mol. The molecule has 0 aromatic heterocycles. The Labute approximate surface area is 128 Å². The summed E-state index contributed by atoms with van der Waals surface area (Å²) in [5.74, 6) is -1.44. The summed E-state index contributed by atoms with van der Waals surface area (Å²) in [5.41, 5.74) is 0.165. The summed E-state index contributed by atoms with van der Waals surface area (Å²) >= 11 is 0. The molecule has 5 heteroatoms. The topological polar surface area (TPSA) is 55.8 Å². The molecule has 2 rings (SSSR count). The first-order chi connectivity index (χ1) is 10.6. The lowest BCUT2D eigenvalue weighted by Crippen LogP contribution is -2.16. The monoisotopic (exact) mass is 304 g/mol. The van der Waals surface area contributed by atoms with Crippen LogP contribution in [0.5, 0.6) is 11.5 Å². The molecule has 0 spiro atoms. The minimum Gasteiger partial charge on any atom is -0.493 e. The number of para-hydroxylation sites is 2. The fraction of sp³-hybridized carbons (Fsp3) is 0.235. The van der Waals surface area contributed by atoms with Gasteiger partial charge in [0.25, 0.3) is 0 Å². The number of methoxy groups -OCH3 is 1. The first kappa shape index (κ1) is 15.8. The van der Waals surface area contributed by atoms with Crippen molar-refractivity contribution >= 4 is 5.97 Å². The number of aliphatic carboxylic acids is 1. The maximum Gasteiger partial charge on any atom is 0.311 e. The van der Waals surface area contributed by atoms with Crippen molar-refractivity contribution < 1.29 is 23.8 Å². The van der Waals surface area contributed by atoms with Gasteiger partial charge in [0.1, 0.15) is 5.82 Å². The smallest absolute Gasteiger partial charge is 0.311 e. The second-order valence-corrected chi connectivity index (χ2v) is 4.70. The zero-order valence-corrected chi connectivity index (χ0v) is 12.2. The largest absolute Gasteiger partial charge is 0.493 e. The quantitative estimate of drug-likeness (QED) is 0.851. The number of hydrogen-bond acceptors (Lipinski definition) is 3. The standard InChI is InChI=1S/C17H17FO4/c1-21-15-8-4-5-9-16(15)22-11-10-13(17(19)20)12-6-2-3-7-14(12)18/h2-9,13H,10-11H2,1H3,(H,19,20). The summed E-state index contributed by atoms with van der Waals surface area (Å²) in [4.78, 5) is 11.4. The lowest BCUT2D eigenvalue weighted by atomic mass is 9.96. The molecule has 0 radical (unpaired) electrons. The van der Waals surface area contributed by atoms with E-state index in [0.717, 1.165) is 0 Å². The Hall–Kier alpha value is -2.56. The van der Waals surface area contributed by atoms with Gasteiger partial charge in [-0.3, -0.25) is 4.79 Å². The Kier molecular flexibility index (Phi) is 5.36. The molecule has 1 atom stereocenters. The second kappa shape index (κ2) is 7.45. The lowest BCUT2D eigenvalue weighted by Gasteiger charge is -2.15. The van der Waals surface area contributed by atoms with E-state index in [1.165, 1.54) is 25.3 Å². The van der Waals surface area contributed by atoms with Crippen molar-refractivity contribution in [3.8, 4) is 11.5 Å². The van der Waals surface area contributed by atoms with Gasteiger partial charge in [0.15, 0.2) is 11.5 Å². The Balaban J connectivity index is 2.04. The molecule has 0 aliphatic rings. The second-order valence-electron chi connectivity index (χ2n) is 4.70. The van der Waals surface area contributed by atoms with Gasteiger partial charge < -0.3 is 14.6 Å². The first-order valence-corrected chi connectivity index (χ1v) is 6.86. The van der Waals surface area contributed by atoms with E-state index in [0.29, 0.717) is 11.5 Å². The van der Waals surface area contributed by atoms with Crippen LogP contribution in [-0.2, 0) is 4.79 Å². The molecule has 0 aliphatic carbocycles. The molecule has 1 N–H and O–H groups in total. The summed E-state index contributed by atoms with van der Waals surface area (Å²) in [7, 11) is 1.53. The maximum absolute atomic E-state index is 13.7. The van der Waals surface area contributed by atoms with Gasteiger partial charge in [-0.15, -0.1) is 0 Å². The molecule has 22 heavy (non-hydrogen) atoms. The van der Waals surface area contributed by atoms with Crippen molar-refractivity contribution in [1.82, 2.24) is 0 Å². The molecule has 0 saturated carbocycles. The van der Waals surface area contributed by atoms with Gasteiger partial charge >= 0.3 is 5.97 Å². The van der Waals surface area contributed by atoms with E-state index in [2.05, 4.69) is 0 Å². The Morgan fingerprint density at radius 1 is 1.14 bits per heavy atom. The number of rotatable bonds is 7. The molecular formula is C17H17FO4. The highest BCUT2D eigenvalue weighted by Crippen LogP contribution is 2.28. The number of ether oxygens (including phenoxy) is 2. The third-order valence-corrected chi connectivity index (χ3v) is 3.31. The van der Waals surface area contributed by atoms with Crippen LogP contribution in [0.2, 0.25) is 0 Å². The molecule has 0 aliphatic heterocycles. The molecule has 4 nitrogen and oxygen atoms in total. The molecule has 0 fully saturated rings. The van der Waals surface area contributed by atoms with E-state index in [1.807, 2.05) is 6.07 Å². The third-order valence-electron chi connectivity index (χ3n) is 3.31.